The Morgan fingerprint density at radius 3 is 2.48 bits per heavy atom. The van der Waals surface area contributed by atoms with Crippen molar-refractivity contribution in [2.24, 2.45) is 0 Å². The van der Waals surface area contributed by atoms with Crippen molar-refractivity contribution in [1.82, 2.24) is 30.1 Å². The Bertz CT molecular complexity index is 2720. The fraction of sp³-hybridized carbons (Fsp3) is 0.391. The van der Waals surface area contributed by atoms with Gasteiger partial charge in [-0.3, -0.25) is 29.3 Å². The normalized spacial score (nSPS) is 17.2. The zero-order chi connectivity index (χ0) is 45.3. The summed E-state index contributed by atoms with van der Waals surface area (Å²) in [4.78, 5) is 57.8. The molecule has 3 N–H and O–H groups in total. The van der Waals surface area contributed by atoms with Gasteiger partial charge in [-0.25, -0.2) is 32.2 Å². The topological polar surface area (TPSA) is 170 Å². The van der Waals surface area contributed by atoms with Crippen LogP contribution in [-0.4, -0.2) is 95.9 Å². The maximum absolute atomic E-state index is 16.1. The summed E-state index contributed by atoms with van der Waals surface area (Å²) in [5.74, 6) is -1.93. The summed E-state index contributed by atoms with van der Waals surface area (Å²) >= 11 is 1.35. The summed E-state index contributed by atoms with van der Waals surface area (Å²) in [6, 6.07) is 17.1. The Hall–Kier alpha value is -5.85. The van der Waals surface area contributed by atoms with E-state index in [4.69, 9.17) is 9.97 Å². The number of sulfonamides is 1. The molecule has 0 saturated carbocycles. The molecule has 5 aromatic rings. The number of halogens is 2. The molecule has 2 fully saturated rings. The van der Waals surface area contributed by atoms with Crippen molar-refractivity contribution in [1.29, 1.82) is 0 Å². The van der Waals surface area contributed by atoms with Gasteiger partial charge in [0.2, 0.25) is 33.7 Å². The lowest BCUT2D eigenvalue weighted by Gasteiger charge is -2.37. The van der Waals surface area contributed by atoms with Gasteiger partial charge >= 0.3 is 0 Å². The van der Waals surface area contributed by atoms with E-state index in [2.05, 4.69) is 31.3 Å². The molecule has 8 rings (SSSR count). The molecule has 336 valence electrons. The highest BCUT2D eigenvalue weighted by molar-refractivity contribution is 7.92. The quantitative estimate of drug-likeness (QED) is 0.111. The van der Waals surface area contributed by atoms with Crippen LogP contribution in [0.1, 0.15) is 74.6 Å². The van der Waals surface area contributed by atoms with Crippen LogP contribution in [0.5, 0.6) is 0 Å². The number of carbonyl (C=O) groups excluding carboxylic acids is 3. The molecule has 1 atom stereocenters. The van der Waals surface area contributed by atoms with Gasteiger partial charge in [0.25, 0.3) is 0 Å². The molecule has 3 aliphatic rings. The summed E-state index contributed by atoms with van der Waals surface area (Å²) in [5.41, 5.74) is 4.37. The predicted octanol–water partition coefficient (Wildman–Crippen LogP) is 6.97. The van der Waals surface area contributed by atoms with Gasteiger partial charge in [0, 0.05) is 68.6 Å². The van der Waals surface area contributed by atoms with Crippen molar-refractivity contribution in [3.63, 3.8) is 0 Å². The molecule has 0 unspecified atom stereocenters. The van der Waals surface area contributed by atoms with Gasteiger partial charge in [0.15, 0.2) is 5.82 Å². The zero-order valence-corrected chi connectivity index (χ0v) is 37.8. The van der Waals surface area contributed by atoms with Crippen LogP contribution in [0.3, 0.4) is 0 Å². The average Bonchev–Trinajstić information content (AvgIpc) is 3.71. The number of fused-ring (bicyclic) bond motifs is 1. The molecule has 18 heteroatoms. The van der Waals surface area contributed by atoms with Crippen LogP contribution in [-0.2, 0) is 42.8 Å². The Balaban J connectivity index is 0.896. The minimum atomic E-state index is -3.75. The SMILES string of the molecule is CCCS(=O)(=O)Nc1cccc(-c2nc(C(C)(C)C)sc2-c2ccnc(Nc3ccc(N4CCN(C(=O)CN5CCc6cc([C@H]7CCC(=O)NC7=O)ccc6C5)CC4)c(F)c3)n2)c1F. The molecule has 14 nitrogen and oxygen atoms in total. The second-order valence-corrected chi connectivity index (χ2v) is 20.3. The van der Waals surface area contributed by atoms with E-state index in [1.807, 2.05) is 42.7 Å². The van der Waals surface area contributed by atoms with Crippen molar-refractivity contribution >= 4 is 62.1 Å². The number of hydrogen-bond donors (Lipinski definition) is 3. The van der Waals surface area contributed by atoms with E-state index in [1.165, 1.54) is 23.5 Å². The molecule has 0 bridgehead atoms. The summed E-state index contributed by atoms with van der Waals surface area (Å²) < 4.78 is 59.3. The Kier molecular flexibility index (Phi) is 12.8. The summed E-state index contributed by atoms with van der Waals surface area (Å²) in [6.45, 7) is 11.2. The number of amides is 3. The predicted molar refractivity (Wildman–Crippen MR) is 244 cm³/mol. The van der Waals surface area contributed by atoms with Crippen molar-refractivity contribution in [3.8, 4) is 21.8 Å². The first-order valence-corrected chi connectivity index (χ1v) is 23.9. The number of hydrogen-bond acceptors (Lipinski definition) is 12. The van der Waals surface area contributed by atoms with Gasteiger partial charge in [-0.2, -0.15) is 0 Å². The Morgan fingerprint density at radius 2 is 1.75 bits per heavy atom. The smallest absolute Gasteiger partial charge is 0.236 e. The van der Waals surface area contributed by atoms with Crippen molar-refractivity contribution in [2.45, 2.75) is 71.3 Å². The molecule has 2 saturated heterocycles. The third kappa shape index (κ3) is 9.93. The van der Waals surface area contributed by atoms with Gasteiger partial charge in [-0.15, -0.1) is 11.3 Å². The van der Waals surface area contributed by atoms with Gasteiger partial charge in [0.05, 0.1) is 50.9 Å². The molecule has 2 aromatic heterocycles. The van der Waals surface area contributed by atoms with E-state index in [0.29, 0.717) is 86.2 Å². The maximum atomic E-state index is 16.1. The highest BCUT2D eigenvalue weighted by Crippen LogP contribution is 2.42. The molecule has 0 spiro atoms. The Labute approximate surface area is 375 Å². The van der Waals surface area contributed by atoms with Gasteiger partial charge in [-0.1, -0.05) is 52.0 Å². The number of rotatable bonds is 12. The molecule has 64 heavy (non-hydrogen) atoms. The number of thiazole rings is 1. The maximum Gasteiger partial charge on any atom is 0.236 e. The molecule has 3 amide bonds. The van der Waals surface area contributed by atoms with E-state index in [9.17, 15) is 22.8 Å². The van der Waals surface area contributed by atoms with Crippen molar-refractivity contribution < 1.29 is 31.6 Å². The van der Waals surface area contributed by atoms with Crippen LogP contribution < -0.4 is 20.3 Å². The van der Waals surface area contributed by atoms with Gasteiger partial charge in [-0.05, 0) is 72.4 Å². The highest BCUT2D eigenvalue weighted by atomic mass is 32.2. The third-order valence-corrected chi connectivity index (χ3v) is 14.6. The number of anilines is 4. The van der Waals surface area contributed by atoms with Crippen LogP contribution in [0.15, 0.2) is 66.9 Å². The Morgan fingerprint density at radius 1 is 0.953 bits per heavy atom. The number of carbonyl (C=O) groups is 3. The first-order valence-electron chi connectivity index (χ1n) is 21.5. The third-order valence-electron chi connectivity index (χ3n) is 11.6. The molecule has 0 radical (unpaired) electrons. The lowest BCUT2D eigenvalue weighted by atomic mass is 9.87. The van der Waals surface area contributed by atoms with Gasteiger partial charge < -0.3 is 15.1 Å². The average molecular weight is 912 g/mol. The molecule has 5 heterocycles. The molecule has 0 aliphatic carbocycles. The number of piperidine rings is 1. The second-order valence-electron chi connectivity index (χ2n) is 17.5. The summed E-state index contributed by atoms with van der Waals surface area (Å²) in [5, 5.41) is 6.26. The van der Waals surface area contributed by atoms with Crippen LogP contribution >= 0.6 is 11.3 Å². The number of nitrogens with one attached hydrogen (secondary N) is 3. The van der Waals surface area contributed by atoms with Crippen molar-refractivity contribution in [2.75, 3.05) is 60.0 Å². The fourth-order valence-corrected chi connectivity index (χ4v) is 10.5. The molecular formula is C46H51F2N9O5S2. The van der Waals surface area contributed by atoms with E-state index >= 15 is 8.78 Å². The summed E-state index contributed by atoms with van der Waals surface area (Å²) in [7, 11) is -3.75. The van der Waals surface area contributed by atoms with Crippen molar-refractivity contribution in [3.05, 3.63) is 100 Å². The van der Waals surface area contributed by atoms with E-state index in [0.717, 1.165) is 28.1 Å². The molecule has 3 aliphatic heterocycles. The number of nitrogens with zero attached hydrogens (tertiary/aromatic N) is 6. The second kappa shape index (κ2) is 18.3. The van der Waals surface area contributed by atoms with Crippen LogP contribution in [0, 0.1) is 11.6 Å². The monoisotopic (exact) mass is 911 g/mol. The minimum Gasteiger partial charge on any atom is -0.366 e. The largest absolute Gasteiger partial charge is 0.366 e. The number of piperazine rings is 1. The van der Waals surface area contributed by atoms with Crippen LogP contribution in [0.25, 0.3) is 21.8 Å². The lowest BCUT2D eigenvalue weighted by molar-refractivity contribution is -0.134. The van der Waals surface area contributed by atoms with Crippen LogP contribution in [0.2, 0.25) is 0 Å². The minimum absolute atomic E-state index is 0.0270. The lowest BCUT2D eigenvalue weighted by Crippen LogP contribution is -2.51. The van der Waals surface area contributed by atoms with Crippen LogP contribution in [0.4, 0.5) is 31.8 Å². The molecular weight excluding hydrogens is 861 g/mol. The first kappa shape index (κ1) is 44.7. The van der Waals surface area contributed by atoms with E-state index in [-0.39, 0.29) is 58.6 Å². The fourth-order valence-electron chi connectivity index (χ4n) is 8.28. The highest BCUT2D eigenvalue weighted by Gasteiger charge is 2.31. The summed E-state index contributed by atoms with van der Waals surface area (Å²) in [6.07, 6.45) is 3.53. The standard InChI is InChI=1S/C46H51F2N9O5S2/c1-5-23-64(61,62)54-35-8-6-7-33(40(35)48)41-42(63-44(53-41)46(2,3)4)36-15-17-49-45(51-36)50-31-11-13-37(34(47)25-31)56-19-21-57(22-20-56)39(59)27-55-18-16-28-24-29(9-10-30(28)26-55)32-12-14-38(58)52-43(32)60/h6-11,13,15,17,24-25,32,54H,5,12,14,16,18-23,26-27H2,1-4H3,(H,49,50,51)(H,52,58,60)/t32-/m1/s1. The zero-order valence-electron chi connectivity index (χ0n) is 36.2. The van der Waals surface area contributed by atoms with E-state index < -0.39 is 21.7 Å². The number of benzene rings is 3. The number of aromatic nitrogens is 3. The van der Waals surface area contributed by atoms with Gasteiger partial charge in [0.1, 0.15) is 5.82 Å². The first-order chi connectivity index (χ1) is 30.5. The number of imide groups is 1. The van der Waals surface area contributed by atoms with E-state index in [1.54, 1.807) is 43.5 Å². The molecule has 3 aromatic carbocycles.